The smallest absolute Gasteiger partial charge is 0.0543 e. The number of fused-ring (bicyclic) bond motifs is 8. The van der Waals surface area contributed by atoms with Crippen LogP contribution in [0.15, 0.2) is 140 Å². The van der Waals surface area contributed by atoms with Gasteiger partial charge in [-0.15, -0.1) is 0 Å². The van der Waals surface area contributed by atoms with E-state index < -0.39 is 0 Å². The summed E-state index contributed by atoms with van der Waals surface area (Å²) in [6.07, 6.45) is 6.24. The van der Waals surface area contributed by atoms with Gasteiger partial charge in [-0.2, -0.15) is 0 Å². The fourth-order valence-electron chi connectivity index (χ4n) is 8.49. The summed E-state index contributed by atoms with van der Waals surface area (Å²) in [5.41, 5.74) is 17.3. The lowest BCUT2D eigenvalue weighted by atomic mass is 9.81. The topological polar surface area (TPSA) is 8.17 Å². The quantitative estimate of drug-likeness (QED) is 0.163. The van der Waals surface area contributed by atoms with Crippen molar-refractivity contribution in [1.29, 1.82) is 0 Å². The first-order valence-corrected chi connectivity index (χ1v) is 17.7. The van der Waals surface area contributed by atoms with Crippen LogP contribution < -0.4 is 4.90 Å². The van der Waals surface area contributed by atoms with Crippen LogP contribution in [0.3, 0.4) is 0 Å². The average Bonchev–Trinajstić information content (AvgIpc) is 3.52. The highest BCUT2D eigenvalue weighted by atomic mass is 15.1. The number of rotatable bonds is 6. The molecule has 2 nitrogen and oxygen atoms in total. The molecule has 0 atom stereocenters. The molecular formula is C48H44N2. The summed E-state index contributed by atoms with van der Waals surface area (Å²) in [6.45, 7) is 17.6. The van der Waals surface area contributed by atoms with Crippen LogP contribution >= 0.6 is 0 Å². The van der Waals surface area contributed by atoms with Crippen LogP contribution in [0.2, 0.25) is 0 Å². The molecule has 0 saturated heterocycles. The molecule has 2 heteroatoms. The molecule has 8 rings (SSSR count). The molecule has 6 aromatic carbocycles. The van der Waals surface area contributed by atoms with Crippen LogP contribution in [-0.2, 0) is 12.5 Å². The SMILES string of the molecule is C=C/C(=C(C)\C=C/C)c1ccc(N(c2ccc3c4ccccc4n(C)c3c2)c2cc3c(c4ccccc24)-c2ccc(C)cc2C3(C)C)cc1C. The third kappa shape index (κ3) is 4.70. The molecule has 1 heterocycles. The van der Waals surface area contributed by atoms with Crippen LogP contribution in [0.4, 0.5) is 17.1 Å². The molecule has 50 heavy (non-hydrogen) atoms. The number of aromatic nitrogens is 1. The Balaban J connectivity index is 1.43. The summed E-state index contributed by atoms with van der Waals surface area (Å²) in [4.78, 5) is 2.48. The van der Waals surface area contributed by atoms with Gasteiger partial charge in [0.25, 0.3) is 0 Å². The Bertz CT molecular complexity index is 2590. The first-order valence-electron chi connectivity index (χ1n) is 17.7. The maximum absolute atomic E-state index is 4.19. The third-order valence-corrected chi connectivity index (χ3v) is 11.0. The number of hydrogen-bond donors (Lipinski definition) is 0. The third-order valence-electron chi connectivity index (χ3n) is 11.0. The second kappa shape index (κ2) is 11.8. The van der Waals surface area contributed by atoms with Crippen molar-refractivity contribution in [2.24, 2.45) is 7.05 Å². The molecule has 0 radical (unpaired) electrons. The van der Waals surface area contributed by atoms with Crippen molar-refractivity contribution in [3.8, 4) is 11.1 Å². The molecule has 0 saturated carbocycles. The fourth-order valence-corrected chi connectivity index (χ4v) is 8.49. The number of para-hydroxylation sites is 1. The Morgan fingerprint density at radius 2 is 1.40 bits per heavy atom. The fraction of sp³-hybridized carbons (Fsp3) is 0.167. The number of nitrogens with zero attached hydrogens (tertiary/aromatic N) is 2. The molecular weight excluding hydrogens is 605 g/mol. The lowest BCUT2D eigenvalue weighted by molar-refractivity contribution is 0.660. The van der Waals surface area contributed by atoms with Crippen molar-refractivity contribution in [2.45, 2.75) is 47.0 Å². The summed E-state index contributed by atoms with van der Waals surface area (Å²) in [5, 5.41) is 5.08. The minimum atomic E-state index is -0.144. The number of benzene rings is 6. The van der Waals surface area contributed by atoms with Gasteiger partial charge in [0.05, 0.1) is 11.2 Å². The highest BCUT2D eigenvalue weighted by Gasteiger charge is 2.38. The predicted molar refractivity (Wildman–Crippen MR) is 217 cm³/mol. The summed E-state index contributed by atoms with van der Waals surface area (Å²) in [5.74, 6) is 0. The van der Waals surface area contributed by atoms with E-state index in [-0.39, 0.29) is 5.41 Å². The first-order chi connectivity index (χ1) is 24.1. The minimum absolute atomic E-state index is 0.144. The zero-order valence-corrected chi connectivity index (χ0v) is 30.2. The summed E-state index contributed by atoms with van der Waals surface area (Å²) >= 11 is 0. The number of aryl methyl sites for hydroxylation is 3. The lowest BCUT2D eigenvalue weighted by Gasteiger charge is -2.30. The van der Waals surface area contributed by atoms with E-state index in [1.807, 2.05) is 6.08 Å². The molecule has 0 spiro atoms. The first kappa shape index (κ1) is 31.7. The molecule has 0 fully saturated rings. The lowest BCUT2D eigenvalue weighted by Crippen LogP contribution is -2.17. The highest BCUT2D eigenvalue weighted by Crippen LogP contribution is 2.55. The molecule has 0 N–H and O–H groups in total. The number of anilines is 3. The molecule has 0 aliphatic heterocycles. The standard InChI is InChI=1S/C48H44N2/c1-9-15-31(4)35(10-2)36-24-21-33(27-32(36)5)50(34-22-25-39-37-16-13-14-19-44(37)49(8)45(39)28-34)46-29-43-47(40-18-12-11-17-38(40)46)41-23-20-30(3)26-42(41)48(43,6)7/h9-29H,2H2,1,3-8H3/b15-9-,35-31+. The van der Waals surface area contributed by atoms with E-state index >= 15 is 0 Å². The van der Waals surface area contributed by atoms with E-state index in [1.165, 1.54) is 82.8 Å². The van der Waals surface area contributed by atoms with Crippen LogP contribution in [-0.4, -0.2) is 4.57 Å². The van der Waals surface area contributed by atoms with Gasteiger partial charge in [-0.25, -0.2) is 0 Å². The van der Waals surface area contributed by atoms with Gasteiger partial charge in [0.1, 0.15) is 0 Å². The zero-order chi connectivity index (χ0) is 34.9. The van der Waals surface area contributed by atoms with Crippen LogP contribution in [0, 0.1) is 13.8 Å². The van der Waals surface area contributed by atoms with Crippen LogP contribution in [0.25, 0.3) is 49.3 Å². The van der Waals surface area contributed by atoms with E-state index in [0.717, 1.165) is 16.9 Å². The van der Waals surface area contributed by atoms with Gasteiger partial charge in [-0.3, -0.25) is 0 Å². The molecule has 1 aromatic heterocycles. The molecule has 0 amide bonds. The van der Waals surface area contributed by atoms with Crippen molar-refractivity contribution in [3.63, 3.8) is 0 Å². The Labute approximate surface area is 296 Å². The van der Waals surface area contributed by atoms with E-state index in [1.54, 1.807) is 0 Å². The van der Waals surface area contributed by atoms with Crippen LogP contribution in [0.1, 0.15) is 55.5 Å². The van der Waals surface area contributed by atoms with Gasteiger partial charge in [-0.1, -0.05) is 117 Å². The van der Waals surface area contributed by atoms with E-state index in [0.29, 0.717) is 0 Å². The van der Waals surface area contributed by atoms with Gasteiger partial charge in [0, 0.05) is 45.5 Å². The normalized spacial score (nSPS) is 14.0. The zero-order valence-electron chi connectivity index (χ0n) is 30.2. The summed E-state index contributed by atoms with van der Waals surface area (Å²) in [7, 11) is 2.18. The Kier molecular flexibility index (Phi) is 7.45. The van der Waals surface area contributed by atoms with Crippen molar-refractivity contribution >= 4 is 55.2 Å². The van der Waals surface area contributed by atoms with Crippen molar-refractivity contribution in [2.75, 3.05) is 4.90 Å². The molecule has 1 aliphatic rings. The minimum Gasteiger partial charge on any atom is -0.344 e. The summed E-state index contributed by atoms with van der Waals surface area (Å²) in [6, 6.07) is 41.0. The van der Waals surface area contributed by atoms with Gasteiger partial charge in [0.15, 0.2) is 0 Å². The van der Waals surface area contributed by atoms with Gasteiger partial charge in [0.2, 0.25) is 0 Å². The van der Waals surface area contributed by atoms with Gasteiger partial charge >= 0.3 is 0 Å². The Morgan fingerprint density at radius 3 is 2.14 bits per heavy atom. The molecule has 7 aromatic rings. The van der Waals surface area contributed by atoms with E-state index in [9.17, 15) is 0 Å². The van der Waals surface area contributed by atoms with Crippen molar-refractivity contribution < 1.29 is 0 Å². The largest absolute Gasteiger partial charge is 0.344 e. The van der Waals surface area contributed by atoms with Crippen molar-refractivity contribution in [3.05, 3.63) is 167 Å². The predicted octanol–water partition coefficient (Wildman–Crippen LogP) is 13.4. The second-order valence-corrected chi connectivity index (χ2v) is 14.5. The van der Waals surface area contributed by atoms with E-state index in [4.69, 9.17) is 0 Å². The maximum atomic E-state index is 4.19. The van der Waals surface area contributed by atoms with Crippen LogP contribution in [0.5, 0.6) is 0 Å². The molecule has 0 bridgehead atoms. The van der Waals surface area contributed by atoms with Gasteiger partial charge < -0.3 is 9.47 Å². The number of allylic oxidation sites excluding steroid dienone is 5. The van der Waals surface area contributed by atoms with Gasteiger partial charge in [-0.05, 0) is 114 Å². The van der Waals surface area contributed by atoms with Crippen molar-refractivity contribution in [1.82, 2.24) is 4.57 Å². The Hall–Kier alpha value is -5.60. The second-order valence-electron chi connectivity index (χ2n) is 14.5. The molecule has 1 aliphatic carbocycles. The summed E-state index contributed by atoms with van der Waals surface area (Å²) < 4.78 is 2.33. The molecule has 0 unspecified atom stereocenters. The highest BCUT2D eigenvalue weighted by molar-refractivity contribution is 6.12. The Morgan fingerprint density at radius 1 is 0.720 bits per heavy atom. The monoisotopic (exact) mass is 648 g/mol. The maximum Gasteiger partial charge on any atom is 0.0543 e. The average molecular weight is 649 g/mol. The molecule has 246 valence electrons. The van der Waals surface area contributed by atoms with E-state index in [2.05, 4.69) is 186 Å². The number of hydrogen-bond acceptors (Lipinski definition) is 1.